The quantitative estimate of drug-likeness (QED) is 0.713. The largest absolute Gasteiger partial charge is 0.508 e. The number of thioether (sulfide) groups is 1. The molecule has 0 aliphatic heterocycles. The molecule has 0 atom stereocenters. The number of aromatic nitrogens is 1. The molecule has 1 N–H and O–H groups in total. The summed E-state index contributed by atoms with van der Waals surface area (Å²) in [5, 5.41) is 9.17. The van der Waals surface area contributed by atoms with Gasteiger partial charge in [0.2, 0.25) is 0 Å². The summed E-state index contributed by atoms with van der Waals surface area (Å²) in [5.41, 5.74) is 0.879. The number of hydrogen-bond acceptors (Lipinski definition) is 4. The lowest BCUT2D eigenvalue weighted by molar-refractivity contribution is 0.476. The molecule has 2 rings (SSSR count). The van der Waals surface area contributed by atoms with E-state index in [2.05, 4.69) is 4.98 Å². The third-order valence-corrected chi connectivity index (χ3v) is 3.55. The summed E-state index contributed by atoms with van der Waals surface area (Å²) in [6.07, 6.45) is 2.00. The predicted octanol–water partition coefficient (Wildman–Crippen LogP) is 2.72. The van der Waals surface area contributed by atoms with E-state index in [1.807, 2.05) is 12.3 Å². The van der Waals surface area contributed by atoms with E-state index < -0.39 is 0 Å². The first-order valence-electron chi connectivity index (χ1n) is 3.43. The van der Waals surface area contributed by atoms with Crippen LogP contribution in [0.15, 0.2) is 22.5 Å². The van der Waals surface area contributed by atoms with E-state index in [1.54, 1.807) is 35.2 Å². The van der Waals surface area contributed by atoms with Gasteiger partial charge in [-0.1, -0.05) is 11.8 Å². The Morgan fingerprint density at radius 3 is 3.08 bits per heavy atom. The van der Waals surface area contributed by atoms with Gasteiger partial charge in [0.1, 0.15) is 5.75 Å². The number of rotatable bonds is 1. The van der Waals surface area contributed by atoms with E-state index in [0.717, 1.165) is 14.6 Å². The van der Waals surface area contributed by atoms with Crippen molar-refractivity contribution in [3.63, 3.8) is 0 Å². The molecule has 2 aromatic rings. The van der Waals surface area contributed by atoms with Crippen molar-refractivity contribution in [2.45, 2.75) is 4.34 Å². The van der Waals surface area contributed by atoms with Crippen LogP contribution in [0, 0.1) is 0 Å². The highest BCUT2D eigenvalue weighted by atomic mass is 32.2. The number of thiazole rings is 1. The summed E-state index contributed by atoms with van der Waals surface area (Å²) in [7, 11) is 0. The highest BCUT2D eigenvalue weighted by Gasteiger charge is 2.02. The zero-order valence-electron chi connectivity index (χ0n) is 6.44. The molecule has 0 saturated carbocycles. The standard InChI is InChI=1S/C8H7NOS2/c1-11-8-9-6-4-5(10)2-3-7(6)12-8/h2-4,10H,1H3. The van der Waals surface area contributed by atoms with Crippen molar-refractivity contribution in [2.75, 3.05) is 6.26 Å². The summed E-state index contributed by atoms with van der Waals surface area (Å²) < 4.78 is 2.16. The Bertz CT molecular complexity index is 410. The lowest BCUT2D eigenvalue weighted by atomic mass is 10.3. The molecule has 2 nitrogen and oxygen atoms in total. The summed E-state index contributed by atoms with van der Waals surface area (Å²) in [4.78, 5) is 4.31. The maximum Gasteiger partial charge on any atom is 0.150 e. The minimum Gasteiger partial charge on any atom is -0.508 e. The van der Waals surface area contributed by atoms with Gasteiger partial charge in [0.25, 0.3) is 0 Å². The molecule has 0 spiro atoms. The third kappa shape index (κ3) is 1.28. The second kappa shape index (κ2) is 2.95. The predicted molar refractivity (Wildman–Crippen MR) is 53.1 cm³/mol. The van der Waals surface area contributed by atoms with E-state index >= 15 is 0 Å². The molecule has 0 aliphatic rings. The number of aromatic hydroxyl groups is 1. The molecule has 62 valence electrons. The van der Waals surface area contributed by atoms with E-state index in [4.69, 9.17) is 0 Å². The molecule has 1 heterocycles. The van der Waals surface area contributed by atoms with Crippen LogP contribution in [0.25, 0.3) is 10.2 Å². The summed E-state index contributed by atoms with van der Waals surface area (Å²) in [6, 6.07) is 5.26. The Labute approximate surface area is 78.3 Å². The van der Waals surface area contributed by atoms with Gasteiger partial charge in [-0.15, -0.1) is 11.3 Å². The normalized spacial score (nSPS) is 10.8. The molecule has 4 heteroatoms. The molecular formula is C8H7NOS2. The second-order valence-electron chi connectivity index (χ2n) is 2.34. The fraction of sp³-hybridized carbons (Fsp3) is 0.125. The van der Waals surface area contributed by atoms with Crippen molar-refractivity contribution < 1.29 is 5.11 Å². The molecule has 0 aliphatic carbocycles. The van der Waals surface area contributed by atoms with Crippen LogP contribution in [0.5, 0.6) is 5.75 Å². The van der Waals surface area contributed by atoms with Gasteiger partial charge in [-0.05, 0) is 18.4 Å². The molecule has 1 aromatic carbocycles. The van der Waals surface area contributed by atoms with Crippen molar-refractivity contribution in [2.24, 2.45) is 0 Å². The summed E-state index contributed by atoms with van der Waals surface area (Å²) in [5.74, 6) is 0.278. The molecule has 0 fully saturated rings. The number of phenols is 1. The molecule has 0 radical (unpaired) electrons. The number of hydrogen-bond donors (Lipinski definition) is 1. The average Bonchev–Trinajstić information content (AvgIpc) is 2.46. The third-order valence-electron chi connectivity index (χ3n) is 1.53. The van der Waals surface area contributed by atoms with Crippen LogP contribution < -0.4 is 0 Å². The number of benzene rings is 1. The van der Waals surface area contributed by atoms with Gasteiger partial charge in [0.05, 0.1) is 10.2 Å². The second-order valence-corrected chi connectivity index (χ2v) is 4.42. The van der Waals surface area contributed by atoms with Crippen LogP contribution in [-0.4, -0.2) is 16.3 Å². The van der Waals surface area contributed by atoms with E-state index in [-0.39, 0.29) is 5.75 Å². The van der Waals surface area contributed by atoms with Gasteiger partial charge in [0, 0.05) is 6.07 Å². The Balaban J connectivity index is 2.67. The fourth-order valence-corrected chi connectivity index (χ4v) is 2.45. The van der Waals surface area contributed by atoms with Crippen LogP contribution in [0.4, 0.5) is 0 Å². The molecular weight excluding hydrogens is 190 g/mol. The molecule has 12 heavy (non-hydrogen) atoms. The van der Waals surface area contributed by atoms with Crippen molar-refractivity contribution >= 4 is 33.3 Å². The average molecular weight is 197 g/mol. The van der Waals surface area contributed by atoms with E-state index in [0.29, 0.717) is 0 Å². The number of phenolic OH excluding ortho intramolecular Hbond substituents is 1. The molecule has 0 amide bonds. The summed E-state index contributed by atoms with van der Waals surface area (Å²) in [6.45, 7) is 0. The van der Waals surface area contributed by atoms with Crippen LogP contribution >= 0.6 is 23.1 Å². The zero-order valence-corrected chi connectivity index (χ0v) is 8.08. The molecule has 0 bridgehead atoms. The SMILES string of the molecule is CSc1nc2cc(O)ccc2s1. The van der Waals surface area contributed by atoms with Crippen molar-refractivity contribution in [1.29, 1.82) is 0 Å². The minimum absolute atomic E-state index is 0.278. The first-order valence-corrected chi connectivity index (χ1v) is 5.47. The Morgan fingerprint density at radius 2 is 2.33 bits per heavy atom. The summed E-state index contributed by atoms with van der Waals surface area (Å²) >= 11 is 3.27. The van der Waals surface area contributed by atoms with Gasteiger partial charge < -0.3 is 5.11 Å². The van der Waals surface area contributed by atoms with Gasteiger partial charge in [-0.25, -0.2) is 4.98 Å². The minimum atomic E-state index is 0.278. The van der Waals surface area contributed by atoms with Gasteiger partial charge >= 0.3 is 0 Å². The van der Waals surface area contributed by atoms with Crippen molar-refractivity contribution in [3.05, 3.63) is 18.2 Å². The monoisotopic (exact) mass is 197 g/mol. The highest BCUT2D eigenvalue weighted by molar-refractivity contribution is 8.00. The Hall–Kier alpha value is -0.740. The van der Waals surface area contributed by atoms with Gasteiger partial charge in [-0.3, -0.25) is 0 Å². The lowest BCUT2D eigenvalue weighted by Gasteiger charge is -1.87. The maximum absolute atomic E-state index is 9.17. The lowest BCUT2D eigenvalue weighted by Crippen LogP contribution is -1.67. The molecule has 0 saturated heterocycles. The first-order chi connectivity index (χ1) is 5.79. The van der Waals surface area contributed by atoms with Gasteiger partial charge in [0.15, 0.2) is 4.34 Å². The fourth-order valence-electron chi connectivity index (χ4n) is 0.982. The van der Waals surface area contributed by atoms with Gasteiger partial charge in [-0.2, -0.15) is 0 Å². The van der Waals surface area contributed by atoms with E-state index in [1.165, 1.54) is 0 Å². The van der Waals surface area contributed by atoms with Crippen LogP contribution in [-0.2, 0) is 0 Å². The maximum atomic E-state index is 9.17. The Kier molecular flexibility index (Phi) is 1.94. The highest BCUT2D eigenvalue weighted by Crippen LogP contribution is 2.29. The van der Waals surface area contributed by atoms with Crippen molar-refractivity contribution in [3.8, 4) is 5.75 Å². The van der Waals surface area contributed by atoms with E-state index in [9.17, 15) is 5.11 Å². The topological polar surface area (TPSA) is 33.1 Å². The molecule has 1 aromatic heterocycles. The molecule has 0 unspecified atom stereocenters. The smallest absolute Gasteiger partial charge is 0.150 e. The zero-order chi connectivity index (χ0) is 8.55. The number of nitrogens with zero attached hydrogens (tertiary/aromatic N) is 1. The van der Waals surface area contributed by atoms with Crippen LogP contribution in [0.2, 0.25) is 0 Å². The van der Waals surface area contributed by atoms with Crippen LogP contribution in [0.1, 0.15) is 0 Å². The van der Waals surface area contributed by atoms with Crippen molar-refractivity contribution in [1.82, 2.24) is 4.98 Å². The number of fused-ring (bicyclic) bond motifs is 1. The van der Waals surface area contributed by atoms with Crippen LogP contribution in [0.3, 0.4) is 0 Å². The Morgan fingerprint density at radius 1 is 1.50 bits per heavy atom. The first kappa shape index (κ1) is 7.89.